The number of carbonyl (C=O) groups is 1. The maximum atomic E-state index is 12.3. The predicted octanol–water partition coefficient (Wildman–Crippen LogP) is 5.09. The van der Waals surface area contributed by atoms with Gasteiger partial charge < -0.3 is 10.1 Å². The van der Waals surface area contributed by atoms with Crippen LogP contribution in [0, 0.1) is 0 Å². The number of benzene rings is 2. The molecule has 0 spiro atoms. The van der Waals surface area contributed by atoms with Crippen LogP contribution in [0.1, 0.15) is 41.7 Å². The molecular formula is C23H26N2O2S. The van der Waals surface area contributed by atoms with E-state index in [0.29, 0.717) is 18.5 Å². The van der Waals surface area contributed by atoms with Crippen LogP contribution < -0.4 is 10.1 Å². The molecule has 0 aliphatic heterocycles. The highest BCUT2D eigenvalue weighted by atomic mass is 32.1. The van der Waals surface area contributed by atoms with Gasteiger partial charge in [0, 0.05) is 29.5 Å². The lowest BCUT2D eigenvalue weighted by Crippen LogP contribution is -2.25. The molecule has 1 amide bonds. The summed E-state index contributed by atoms with van der Waals surface area (Å²) < 4.78 is 5.19. The van der Waals surface area contributed by atoms with E-state index >= 15 is 0 Å². The van der Waals surface area contributed by atoms with E-state index in [9.17, 15) is 4.79 Å². The Hall–Kier alpha value is -2.66. The Labute approximate surface area is 170 Å². The van der Waals surface area contributed by atoms with Gasteiger partial charge in [-0.05, 0) is 47.4 Å². The van der Waals surface area contributed by atoms with Gasteiger partial charge in [-0.3, -0.25) is 4.79 Å². The van der Waals surface area contributed by atoms with Gasteiger partial charge in [0.15, 0.2) is 0 Å². The Morgan fingerprint density at radius 3 is 2.36 bits per heavy atom. The van der Waals surface area contributed by atoms with Gasteiger partial charge in [-0.15, -0.1) is 11.3 Å². The second-order valence-corrected chi connectivity index (χ2v) is 8.63. The zero-order valence-electron chi connectivity index (χ0n) is 16.8. The van der Waals surface area contributed by atoms with Crippen molar-refractivity contribution in [1.82, 2.24) is 10.3 Å². The number of rotatable bonds is 6. The van der Waals surface area contributed by atoms with E-state index in [1.54, 1.807) is 18.4 Å². The van der Waals surface area contributed by atoms with Crippen LogP contribution in [0.15, 0.2) is 53.9 Å². The number of methoxy groups -OCH3 is 1. The van der Waals surface area contributed by atoms with E-state index in [-0.39, 0.29) is 11.3 Å². The molecule has 28 heavy (non-hydrogen) atoms. The van der Waals surface area contributed by atoms with E-state index in [4.69, 9.17) is 4.74 Å². The summed E-state index contributed by atoms with van der Waals surface area (Å²) in [4.78, 5) is 17.0. The van der Waals surface area contributed by atoms with Gasteiger partial charge >= 0.3 is 0 Å². The molecule has 3 rings (SSSR count). The summed E-state index contributed by atoms with van der Waals surface area (Å²) in [6.45, 7) is 7.05. The molecule has 0 radical (unpaired) electrons. The van der Waals surface area contributed by atoms with E-state index in [2.05, 4.69) is 31.1 Å². The molecule has 1 heterocycles. The zero-order valence-corrected chi connectivity index (χ0v) is 17.6. The maximum Gasteiger partial charge on any atom is 0.251 e. The van der Waals surface area contributed by atoms with Gasteiger partial charge in [-0.2, -0.15) is 0 Å². The van der Waals surface area contributed by atoms with Crippen molar-refractivity contribution < 1.29 is 9.53 Å². The first-order valence-electron chi connectivity index (χ1n) is 9.34. The molecule has 0 fully saturated rings. The highest BCUT2D eigenvalue weighted by molar-refractivity contribution is 7.09. The second-order valence-electron chi connectivity index (χ2n) is 7.69. The van der Waals surface area contributed by atoms with E-state index < -0.39 is 0 Å². The molecule has 0 atom stereocenters. The molecule has 5 heteroatoms. The fourth-order valence-corrected chi connectivity index (χ4v) is 3.63. The molecular weight excluding hydrogens is 368 g/mol. The molecule has 0 unspecified atom stereocenters. The average Bonchev–Trinajstić information content (AvgIpc) is 3.16. The number of hydrogen-bond acceptors (Lipinski definition) is 4. The summed E-state index contributed by atoms with van der Waals surface area (Å²) >= 11 is 1.61. The second kappa shape index (κ2) is 8.57. The molecule has 0 bridgehead atoms. The highest BCUT2D eigenvalue weighted by Gasteiger charge is 2.14. The molecule has 3 aromatic rings. The third-order valence-electron chi connectivity index (χ3n) is 4.58. The number of carbonyl (C=O) groups excluding carboxylic acids is 1. The van der Waals surface area contributed by atoms with Crippen molar-refractivity contribution in [3.8, 4) is 17.0 Å². The number of aromatic nitrogens is 1. The number of ether oxygens (including phenoxy) is 1. The van der Waals surface area contributed by atoms with Gasteiger partial charge in [0.1, 0.15) is 5.75 Å². The minimum absolute atomic E-state index is 0.0487. The fraction of sp³-hybridized carbons (Fsp3) is 0.304. The molecule has 0 saturated heterocycles. The van der Waals surface area contributed by atoms with Crippen molar-refractivity contribution in [1.29, 1.82) is 0 Å². The van der Waals surface area contributed by atoms with Gasteiger partial charge in [0.2, 0.25) is 0 Å². The SMILES string of the molecule is COc1ccc(-c2csc(CCNC(=O)c3ccc(C(C)(C)C)cc3)n2)cc1. The van der Waals surface area contributed by atoms with Crippen LogP contribution in [0.2, 0.25) is 0 Å². The number of thiazole rings is 1. The minimum atomic E-state index is -0.0487. The Kier molecular flexibility index (Phi) is 6.15. The van der Waals surface area contributed by atoms with E-state index in [1.807, 2.05) is 53.9 Å². The summed E-state index contributed by atoms with van der Waals surface area (Å²) in [5.41, 5.74) is 4.00. The van der Waals surface area contributed by atoms with Gasteiger partial charge in [-0.1, -0.05) is 32.9 Å². The molecule has 1 aromatic heterocycles. The lowest BCUT2D eigenvalue weighted by Gasteiger charge is -2.19. The van der Waals surface area contributed by atoms with Crippen molar-refractivity contribution in [3.05, 3.63) is 70.0 Å². The van der Waals surface area contributed by atoms with Gasteiger partial charge in [0.05, 0.1) is 17.8 Å². The zero-order chi connectivity index (χ0) is 20.1. The first-order chi connectivity index (χ1) is 13.4. The number of amides is 1. The summed E-state index contributed by atoms with van der Waals surface area (Å²) in [5.74, 6) is 0.782. The molecule has 0 saturated carbocycles. The minimum Gasteiger partial charge on any atom is -0.497 e. The predicted molar refractivity (Wildman–Crippen MR) is 115 cm³/mol. The molecule has 0 aliphatic rings. The fourth-order valence-electron chi connectivity index (χ4n) is 2.83. The average molecular weight is 395 g/mol. The number of hydrogen-bond donors (Lipinski definition) is 1. The molecule has 146 valence electrons. The summed E-state index contributed by atoms with van der Waals surface area (Å²) in [6, 6.07) is 15.7. The smallest absolute Gasteiger partial charge is 0.251 e. The lowest BCUT2D eigenvalue weighted by molar-refractivity contribution is 0.0954. The Balaban J connectivity index is 1.53. The van der Waals surface area contributed by atoms with Crippen LogP contribution in [-0.4, -0.2) is 24.5 Å². The third kappa shape index (κ3) is 4.98. The first-order valence-corrected chi connectivity index (χ1v) is 10.2. The largest absolute Gasteiger partial charge is 0.497 e. The highest BCUT2D eigenvalue weighted by Crippen LogP contribution is 2.24. The normalized spacial score (nSPS) is 11.3. The van der Waals surface area contributed by atoms with Crippen LogP contribution in [0.25, 0.3) is 11.3 Å². The van der Waals surface area contributed by atoms with Crippen LogP contribution in [0.5, 0.6) is 5.75 Å². The summed E-state index contributed by atoms with van der Waals surface area (Å²) in [5, 5.41) is 6.04. The third-order valence-corrected chi connectivity index (χ3v) is 5.48. The molecule has 4 nitrogen and oxygen atoms in total. The van der Waals surface area contributed by atoms with Crippen molar-refractivity contribution in [2.45, 2.75) is 32.6 Å². The number of nitrogens with one attached hydrogen (secondary N) is 1. The topological polar surface area (TPSA) is 51.2 Å². The van der Waals surface area contributed by atoms with Crippen LogP contribution >= 0.6 is 11.3 Å². The van der Waals surface area contributed by atoms with E-state index in [1.165, 1.54) is 5.56 Å². The molecule has 2 aromatic carbocycles. The Morgan fingerprint density at radius 1 is 1.07 bits per heavy atom. The lowest BCUT2D eigenvalue weighted by atomic mass is 9.87. The van der Waals surface area contributed by atoms with Gasteiger partial charge in [-0.25, -0.2) is 4.98 Å². The number of nitrogens with zero attached hydrogens (tertiary/aromatic N) is 1. The summed E-state index contributed by atoms with van der Waals surface area (Å²) in [7, 11) is 1.66. The van der Waals surface area contributed by atoms with Crippen molar-refractivity contribution in [2.24, 2.45) is 0 Å². The maximum absolute atomic E-state index is 12.3. The monoisotopic (exact) mass is 394 g/mol. The Bertz CT molecular complexity index is 922. The van der Waals surface area contributed by atoms with Crippen molar-refractivity contribution in [2.75, 3.05) is 13.7 Å². The Morgan fingerprint density at radius 2 is 1.75 bits per heavy atom. The van der Waals surface area contributed by atoms with Crippen LogP contribution in [-0.2, 0) is 11.8 Å². The molecule has 1 N–H and O–H groups in total. The van der Waals surface area contributed by atoms with Gasteiger partial charge in [0.25, 0.3) is 5.91 Å². The van der Waals surface area contributed by atoms with Crippen molar-refractivity contribution in [3.63, 3.8) is 0 Å². The molecule has 0 aliphatic carbocycles. The van der Waals surface area contributed by atoms with Crippen molar-refractivity contribution >= 4 is 17.2 Å². The standard InChI is InChI=1S/C23H26N2O2S/c1-23(2,3)18-9-5-17(6-10-18)22(26)24-14-13-21-25-20(15-28-21)16-7-11-19(27-4)12-8-16/h5-12,15H,13-14H2,1-4H3,(H,24,26). The first kappa shape index (κ1) is 20.1. The van der Waals surface area contributed by atoms with Crippen LogP contribution in [0.3, 0.4) is 0 Å². The summed E-state index contributed by atoms with van der Waals surface area (Å²) in [6.07, 6.45) is 0.715. The van der Waals surface area contributed by atoms with Crippen LogP contribution in [0.4, 0.5) is 0 Å². The quantitative estimate of drug-likeness (QED) is 0.634. The van der Waals surface area contributed by atoms with E-state index in [0.717, 1.165) is 22.0 Å².